The van der Waals surface area contributed by atoms with Gasteiger partial charge in [-0.1, -0.05) is 18.2 Å². The highest BCUT2D eigenvalue weighted by Crippen LogP contribution is 2.15. The minimum atomic E-state index is 0.0201. The molecule has 1 aromatic carbocycles. The Morgan fingerprint density at radius 1 is 1.21 bits per heavy atom. The predicted molar refractivity (Wildman–Crippen MR) is 92.0 cm³/mol. The Hall–Kier alpha value is -2.63. The van der Waals surface area contributed by atoms with E-state index < -0.39 is 0 Å². The molecule has 1 saturated heterocycles. The van der Waals surface area contributed by atoms with Crippen molar-refractivity contribution in [1.82, 2.24) is 15.3 Å². The molecule has 1 atom stereocenters. The number of hydrogen-bond donors (Lipinski definition) is 1. The third-order valence-electron chi connectivity index (χ3n) is 3.96. The number of amides is 1. The number of benzene rings is 1. The summed E-state index contributed by atoms with van der Waals surface area (Å²) in [6, 6.07) is 11.5. The number of carbonyl (C=O) groups excluding carboxylic acids is 1. The predicted octanol–water partition coefficient (Wildman–Crippen LogP) is 2.03. The van der Waals surface area contributed by atoms with Crippen molar-refractivity contribution < 1.29 is 9.53 Å². The van der Waals surface area contributed by atoms with Crippen molar-refractivity contribution in [3.05, 3.63) is 48.8 Å². The van der Waals surface area contributed by atoms with Crippen molar-refractivity contribution >= 4 is 11.9 Å². The smallest absolute Gasteiger partial charge is 0.225 e. The van der Waals surface area contributed by atoms with Crippen molar-refractivity contribution in [3.63, 3.8) is 0 Å². The number of hydrogen-bond acceptors (Lipinski definition) is 5. The monoisotopic (exact) mass is 326 g/mol. The van der Waals surface area contributed by atoms with Crippen LogP contribution < -0.4 is 15.0 Å². The molecular weight excluding hydrogens is 304 g/mol. The van der Waals surface area contributed by atoms with Gasteiger partial charge in [-0.15, -0.1) is 0 Å². The topological polar surface area (TPSA) is 67.3 Å². The number of ether oxygens (including phenoxy) is 1. The van der Waals surface area contributed by atoms with Crippen LogP contribution in [-0.4, -0.2) is 41.6 Å². The van der Waals surface area contributed by atoms with Gasteiger partial charge in [0.1, 0.15) is 5.75 Å². The van der Waals surface area contributed by atoms with Gasteiger partial charge in [-0.05, 0) is 31.0 Å². The highest BCUT2D eigenvalue weighted by Gasteiger charge is 2.22. The first-order valence-corrected chi connectivity index (χ1v) is 8.30. The number of aromatic nitrogens is 2. The molecule has 126 valence electrons. The molecule has 0 aliphatic carbocycles. The second-order valence-electron chi connectivity index (χ2n) is 5.81. The Morgan fingerprint density at radius 2 is 2.00 bits per heavy atom. The van der Waals surface area contributed by atoms with E-state index in [-0.39, 0.29) is 11.9 Å². The molecule has 1 aliphatic rings. The molecular formula is C18H22N4O2. The molecule has 1 fully saturated rings. The Labute approximate surface area is 141 Å². The van der Waals surface area contributed by atoms with Crippen molar-refractivity contribution in [2.75, 3.05) is 24.6 Å². The standard InChI is InChI=1S/C18H22N4O2/c23-17(9-13-24-16-7-2-1-3-8-16)21-15-6-4-12-22(14-15)18-19-10-5-11-20-18/h1-3,5,7-8,10-11,15H,4,6,9,12-14H2,(H,21,23)/t15-/m1/s1. The molecule has 24 heavy (non-hydrogen) atoms. The summed E-state index contributed by atoms with van der Waals surface area (Å²) < 4.78 is 5.57. The molecule has 2 heterocycles. The van der Waals surface area contributed by atoms with E-state index in [1.165, 1.54) is 0 Å². The third kappa shape index (κ3) is 4.68. The van der Waals surface area contributed by atoms with Gasteiger partial charge in [0.15, 0.2) is 0 Å². The van der Waals surface area contributed by atoms with Gasteiger partial charge in [0, 0.05) is 31.5 Å². The van der Waals surface area contributed by atoms with E-state index in [1.807, 2.05) is 30.3 Å². The molecule has 0 saturated carbocycles. The summed E-state index contributed by atoms with van der Waals surface area (Å²) in [4.78, 5) is 22.8. The van der Waals surface area contributed by atoms with Crippen molar-refractivity contribution in [3.8, 4) is 5.75 Å². The highest BCUT2D eigenvalue weighted by atomic mass is 16.5. The fraction of sp³-hybridized carbons (Fsp3) is 0.389. The van der Waals surface area contributed by atoms with Crippen LogP contribution in [0.25, 0.3) is 0 Å². The molecule has 1 aliphatic heterocycles. The minimum Gasteiger partial charge on any atom is -0.493 e. The summed E-state index contributed by atoms with van der Waals surface area (Å²) in [5.41, 5.74) is 0. The highest BCUT2D eigenvalue weighted by molar-refractivity contribution is 5.76. The first kappa shape index (κ1) is 16.2. The summed E-state index contributed by atoms with van der Waals surface area (Å²) in [5.74, 6) is 1.53. The first-order valence-electron chi connectivity index (χ1n) is 8.30. The second-order valence-corrected chi connectivity index (χ2v) is 5.81. The van der Waals surface area contributed by atoms with Gasteiger partial charge >= 0.3 is 0 Å². The van der Waals surface area contributed by atoms with Crippen LogP contribution in [0.2, 0.25) is 0 Å². The summed E-state index contributed by atoms with van der Waals surface area (Å²) >= 11 is 0. The van der Waals surface area contributed by atoms with E-state index >= 15 is 0 Å². The lowest BCUT2D eigenvalue weighted by atomic mass is 10.1. The maximum atomic E-state index is 12.1. The van der Waals surface area contributed by atoms with Gasteiger partial charge in [-0.25, -0.2) is 9.97 Å². The Bertz CT molecular complexity index is 636. The van der Waals surface area contributed by atoms with Crippen LogP contribution in [0.3, 0.4) is 0 Å². The molecule has 0 radical (unpaired) electrons. The van der Waals surface area contributed by atoms with Crippen LogP contribution in [0.4, 0.5) is 5.95 Å². The number of carbonyl (C=O) groups is 1. The summed E-state index contributed by atoms with van der Waals surface area (Å²) in [5, 5.41) is 3.09. The first-order chi connectivity index (χ1) is 11.8. The SMILES string of the molecule is O=C(CCOc1ccccc1)N[C@@H]1CCCN(c2ncccn2)C1. The van der Waals surface area contributed by atoms with Crippen molar-refractivity contribution in [1.29, 1.82) is 0 Å². The molecule has 0 spiro atoms. The van der Waals surface area contributed by atoms with E-state index in [1.54, 1.807) is 18.5 Å². The molecule has 0 unspecified atom stereocenters. The summed E-state index contributed by atoms with van der Waals surface area (Å²) in [6.45, 7) is 2.05. The van der Waals surface area contributed by atoms with Crippen LogP contribution in [0.15, 0.2) is 48.8 Å². The molecule has 6 heteroatoms. The largest absolute Gasteiger partial charge is 0.493 e. The number of rotatable bonds is 6. The Morgan fingerprint density at radius 3 is 2.79 bits per heavy atom. The minimum absolute atomic E-state index is 0.0201. The van der Waals surface area contributed by atoms with E-state index in [2.05, 4.69) is 20.2 Å². The van der Waals surface area contributed by atoms with Crippen LogP contribution in [-0.2, 0) is 4.79 Å². The van der Waals surface area contributed by atoms with Crippen LogP contribution in [0.1, 0.15) is 19.3 Å². The normalized spacial score (nSPS) is 17.3. The molecule has 3 rings (SSSR count). The van der Waals surface area contributed by atoms with Gasteiger partial charge in [0.25, 0.3) is 0 Å². The Balaban J connectivity index is 1.42. The van der Waals surface area contributed by atoms with Gasteiger partial charge in [-0.2, -0.15) is 0 Å². The van der Waals surface area contributed by atoms with Crippen LogP contribution >= 0.6 is 0 Å². The van der Waals surface area contributed by atoms with E-state index in [0.29, 0.717) is 13.0 Å². The molecule has 0 bridgehead atoms. The summed E-state index contributed by atoms with van der Waals surface area (Å²) in [7, 11) is 0. The van der Waals surface area contributed by atoms with Crippen LogP contribution in [0.5, 0.6) is 5.75 Å². The molecule has 1 N–H and O–H groups in total. The molecule has 2 aromatic rings. The zero-order valence-electron chi connectivity index (χ0n) is 13.6. The molecule has 6 nitrogen and oxygen atoms in total. The average molecular weight is 326 g/mol. The van der Waals surface area contributed by atoms with Crippen molar-refractivity contribution in [2.45, 2.75) is 25.3 Å². The number of para-hydroxylation sites is 1. The third-order valence-corrected chi connectivity index (χ3v) is 3.96. The lowest BCUT2D eigenvalue weighted by Crippen LogP contribution is -2.48. The van der Waals surface area contributed by atoms with E-state index in [9.17, 15) is 4.79 Å². The fourth-order valence-corrected chi connectivity index (χ4v) is 2.81. The number of anilines is 1. The van der Waals surface area contributed by atoms with Gasteiger partial charge < -0.3 is 15.0 Å². The number of nitrogens with zero attached hydrogens (tertiary/aromatic N) is 3. The van der Waals surface area contributed by atoms with Crippen molar-refractivity contribution in [2.24, 2.45) is 0 Å². The zero-order valence-corrected chi connectivity index (χ0v) is 13.6. The van der Waals surface area contributed by atoms with E-state index in [0.717, 1.165) is 37.6 Å². The van der Waals surface area contributed by atoms with Gasteiger partial charge in [0.05, 0.1) is 13.0 Å². The van der Waals surface area contributed by atoms with Gasteiger partial charge in [0.2, 0.25) is 11.9 Å². The maximum Gasteiger partial charge on any atom is 0.225 e. The molecule has 1 aromatic heterocycles. The quantitative estimate of drug-likeness (QED) is 0.880. The lowest BCUT2D eigenvalue weighted by Gasteiger charge is -2.33. The lowest BCUT2D eigenvalue weighted by molar-refractivity contribution is -0.122. The van der Waals surface area contributed by atoms with Gasteiger partial charge in [-0.3, -0.25) is 4.79 Å². The van der Waals surface area contributed by atoms with Crippen LogP contribution in [0, 0.1) is 0 Å². The average Bonchev–Trinajstić information content (AvgIpc) is 2.63. The second kappa shape index (κ2) is 8.29. The zero-order chi connectivity index (χ0) is 16.6. The van der Waals surface area contributed by atoms with E-state index in [4.69, 9.17) is 4.74 Å². The summed E-state index contributed by atoms with van der Waals surface area (Å²) in [6.07, 6.45) is 5.84. The number of nitrogens with one attached hydrogen (secondary N) is 1. The molecule has 1 amide bonds. The maximum absolute atomic E-state index is 12.1. The fourth-order valence-electron chi connectivity index (χ4n) is 2.81. The number of piperidine rings is 1. The Kier molecular flexibility index (Phi) is 5.61.